The van der Waals surface area contributed by atoms with Crippen LogP contribution in [0.15, 0.2) is 42.5 Å². The summed E-state index contributed by atoms with van der Waals surface area (Å²) in [6.07, 6.45) is 0. The van der Waals surface area contributed by atoms with Gasteiger partial charge in [-0.25, -0.2) is 4.39 Å². The molecule has 0 aromatic heterocycles. The second kappa shape index (κ2) is 7.71. The van der Waals surface area contributed by atoms with Gasteiger partial charge in [-0.15, -0.1) is 0 Å². The van der Waals surface area contributed by atoms with Gasteiger partial charge in [-0.2, -0.15) is 0 Å². The van der Waals surface area contributed by atoms with E-state index in [1.807, 2.05) is 0 Å². The number of nitrogens with zero attached hydrogens (tertiary/aromatic N) is 3. The van der Waals surface area contributed by atoms with E-state index in [0.717, 1.165) is 6.07 Å². The fraction of sp³-hybridized carbons (Fsp3) is 0.222. The first-order valence-corrected chi connectivity index (χ1v) is 8.52. The highest BCUT2D eigenvalue weighted by molar-refractivity contribution is 6.31. The Kier molecular flexibility index (Phi) is 5.36. The van der Waals surface area contributed by atoms with Crippen molar-refractivity contribution in [2.45, 2.75) is 0 Å². The number of hydrogen-bond acceptors (Lipinski definition) is 4. The quantitative estimate of drug-likeness (QED) is 0.594. The van der Waals surface area contributed by atoms with E-state index in [0.29, 0.717) is 5.56 Å². The predicted octanol–water partition coefficient (Wildman–Crippen LogP) is 2.99. The average molecular weight is 392 g/mol. The van der Waals surface area contributed by atoms with Gasteiger partial charge in [-0.05, 0) is 30.3 Å². The van der Waals surface area contributed by atoms with E-state index >= 15 is 0 Å². The minimum absolute atomic E-state index is 0.0921. The van der Waals surface area contributed by atoms with E-state index in [1.54, 1.807) is 4.90 Å². The summed E-state index contributed by atoms with van der Waals surface area (Å²) in [6, 6.07) is 9.15. The average Bonchev–Trinajstić information content (AvgIpc) is 2.69. The molecule has 0 atom stereocenters. The fourth-order valence-electron chi connectivity index (χ4n) is 2.85. The van der Waals surface area contributed by atoms with E-state index in [-0.39, 0.29) is 48.4 Å². The molecule has 140 valence electrons. The van der Waals surface area contributed by atoms with Crippen LogP contribution in [0.2, 0.25) is 5.02 Å². The van der Waals surface area contributed by atoms with Gasteiger partial charge in [0.05, 0.1) is 10.5 Å². The molecule has 1 saturated heterocycles. The number of hydrogen-bond donors (Lipinski definition) is 0. The standard InChI is InChI=1S/C18H15ClFN3O4/c19-13-3-6-16(20)15(11-13)18(25)22-9-7-21(8-10-22)17(24)12-1-4-14(5-2-12)23(26)27/h1-6,11H,7-10H2. The first kappa shape index (κ1) is 18.8. The van der Waals surface area contributed by atoms with Crippen LogP contribution in [-0.4, -0.2) is 52.7 Å². The number of carbonyl (C=O) groups is 2. The molecule has 0 saturated carbocycles. The van der Waals surface area contributed by atoms with Crippen molar-refractivity contribution in [2.75, 3.05) is 26.2 Å². The summed E-state index contributed by atoms with van der Waals surface area (Å²) >= 11 is 5.83. The molecule has 1 aliphatic heterocycles. The van der Waals surface area contributed by atoms with E-state index in [1.165, 1.54) is 41.3 Å². The lowest BCUT2D eigenvalue weighted by atomic mass is 10.1. The summed E-state index contributed by atoms with van der Waals surface area (Å²) in [4.78, 5) is 38.2. The number of rotatable bonds is 3. The lowest BCUT2D eigenvalue weighted by Crippen LogP contribution is -2.50. The highest BCUT2D eigenvalue weighted by Crippen LogP contribution is 2.19. The van der Waals surface area contributed by atoms with Crippen molar-refractivity contribution >= 4 is 29.1 Å². The minimum atomic E-state index is -0.645. The highest BCUT2D eigenvalue weighted by atomic mass is 35.5. The summed E-state index contributed by atoms with van der Waals surface area (Å²) < 4.78 is 13.9. The molecule has 1 heterocycles. The Morgan fingerprint density at radius 1 is 0.963 bits per heavy atom. The molecule has 0 N–H and O–H groups in total. The molecule has 0 unspecified atom stereocenters. The molecule has 0 spiro atoms. The Bertz CT molecular complexity index is 896. The van der Waals surface area contributed by atoms with Crippen LogP contribution in [0.1, 0.15) is 20.7 Å². The third-order valence-corrected chi connectivity index (χ3v) is 4.57. The van der Waals surface area contributed by atoms with Crippen LogP contribution in [0.4, 0.5) is 10.1 Å². The Morgan fingerprint density at radius 3 is 2.07 bits per heavy atom. The monoisotopic (exact) mass is 391 g/mol. The first-order valence-electron chi connectivity index (χ1n) is 8.15. The number of nitro benzene ring substituents is 1. The van der Waals surface area contributed by atoms with Crippen LogP contribution in [-0.2, 0) is 0 Å². The third kappa shape index (κ3) is 4.06. The van der Waals surface area contributed by atoms with Gasteiger partial charge in [0.1, 0.15) is 5.82 Å². The highest BCUT2D eigenvalue weighted by Gasteiger charge is 2.27. The number of nitro groups is 1. The molecular formula is C18H15ClFN3O4. The molecule has 2 aromatic carbocycles. The molecule has 2 amide bonds. The van der Waals surface area contributed by atoms with Crippen molar-refractivity contribution in [2.24, 2.45) is 0 Å². The maximum Gasteiger partial charge on any atom is 0.269 e. The maximum atomic E-state index is 13.9. The number of piperazine rings is 1. The molecule has 0 bridgehead atoms. The van der Waals surface area contributed by atoms with Gasteiger partial charge >= 0.3 is 0 Å². The summed E-state index contributed by atoms with van der Waals surface area (Å²) in [5.41, 5.74) is 0.143. The van der Waals surface area contributed by atoms with E-state index in [9.17, 15) is 24.1 Å². The molecule has 0 aliphatic carbocycles. The smallest absolute Gasteiger partial charge is 0.269 e. The largest absolute Gasteiger partial charge is 0.335 e. The molecule has 7 nitrogen and oxygen atoms in total. The van der Waals surface area contributed by atoms with Crippen LogP contribution in [0.25, 0.3) is 0 Å². The van der Waals surface area contributed by atoms with Gasteiger partial charge in [0, 0.05) is 48.9 Å². The van der Waals surface area contributed by atoms with Gasteiger partial charge in [0.2, 0.25) is 0 Å². The zero-order valence-corrected chi connectivity index (χ0v) is 14.9. The number of non-ortho nitro benzene ring substituents is 1. The lowest BCUT2D eigenvalue weighted by Gasteiger charge is -2.35. The second-order valence-corrected chi connectivity index (χ2v) is 6.45. The molecule has 2 aromatic rings. The van der Waals surface area contributed by atoms with Crippen LogP contribution in [0, 0.1) is 15.9 Å². The first-order chi connectivity index (χ1) is 12.9. The maximum absolute atomic E-state index is 13.9. The Morgan fingerprint density at radius 2 is 1.52 bits per heavy atom. The van der Waals surface area contributed by atoms with Crippen molar-refractivity contribution in [3.8, 4) is 0 Å². The summed E-state index contributed by atoms with van der Waals surface area (Å²) in [5, 5.41) is 11.0. The van der Waals surface area contributed by atoms with Crippen LogP contribution in [0.5, 0.6) is 0 Å². The SMILES string of the molecule is O=C(c1ccc([N+](=O)[O-])cc1)N1CCN(C(=O)c2cc(Cl)ccc2F)CC1. The van der Waals surface area contributed by atoms with E-state index in [4.69, 9.17) is 11.6 Å². The molecule has 27 heavy (non-hydrogen) atoms. The number of carbonyl (C=O) groups excluding carboxylic acids is 2. The Balaban J connectivity index is 1.64. The molecule has 1 aliphatic rings. The van der Waals surface area contributed by atoms with Crippen molar-refractivity contribution in [3.63, 3.8) is 0 Å². The van der Waals surface area contributed by atoms with Crippen LogP contribution in [0.3, 0.4) is 0 Å². The van der Waals surface area contributed by atoms with Crippen molar-refractivity contribution in [1.82, 2.24) is 9.80 Å². The van der Waals surface area contributed by atoms with Gasteiger partial charge < -0.3 is 9.80 Å². The molecule has 1 fully saturated rings. The summed E-state index contributed by atoms with van der Waals surface area (Å²) in [7, 11) is 0. The fourth-order valence-corrected chi connectivity index (χ4v) is 3.02. The molecule has 9 heteroatoms. The third-order valence-electron chi connectivity index (χ3n) is 4.34. The summed E-state index contributed by atoms with van der Waals surface area (Å²) in [6.45, 7) is 1.07. The predicted molar refractivity (Wildman–Crippen MR) is 96.3 cm³/mol. The molecular weight excluding hydrogens is 377 g/mol. The number of amides is 2. The second-order valence-electron chi connectivity index (χ2n) is 6.01. The van der Waals surface area contributed by atoms with Crippen molar-refractivity contribution in [1.29, 1.82) is 0 Å². The minimum Gasteiger partial charge on any atom is -0.335 e. The molecule has 0 radical (unpaired) electrons. The zero-order valence-electron chi connectivity index (χ0n) is 14.1. The molecule has 3 rings (SSSR count). The van der Waals surface area contributed by atoms with Gasteiger partial charge in [0.15, 0.2) is 0 Å². The van der Waals surface area contributed by atoms with Crippen LogP contribution < -0.4 is 0 Å². The van der Waals surface area contributed by atoms with Gasteiger partial charge in [-0.1, -0.05) is 11.6 Å². The van der Waals surface area contributed by atoms with E-state index < -0.39 is 16.6 Å². The van der Waals surface area contributed by atoms with Gasteiger partial charge in [0.25, 0.3) is 17.5 Å². The Labute approximate surface area is 159 Å². The normalized spacial score (nSPS) is 14.1. The number of benzene rings is 2. The number of halogens is 2. The summed E-state index contributed by atoms with van der Waals surface area (Å²) in [5.74, 6) is -1.39. The zero-order chi connectivity index (χ0) is 19.6. The van der Waals surface area contributed by atoms with Crippen molar-refractivity contribution < 1.29 is 18.9 Å². The lowest BCUT2D eigenvalue weighted by molar-refractivity contribution is -0.384. The van der Waals surface area contributed by atoms with E-state index in [2.05, 4.69) is 0 Å². The van der Waals surface area contributed by atoms with Crippen LogP contribution >= 0.6 is 11.6 Å². The topological polar surface area (TPSA) is 83.8 Å². The van der Waals surface area contributed by atoms with Gasteiger partial charge in [-0.3, -0.25) is 19.7 Å². The Hall–Kier alpha value is -3.00. The van der Waals surface area contributed by atoms with Crippen molar-refractivity contribution in [3.05, 3.63) is 74.5 Å².